The Morgan fingerprint density at radius 2 is 2.07 bits per heavy atom. The first-order chi connectivity index (χ1) is 6.86. The second-order valence-electron chi connectivity index (χ2n) is 3.72. The van der Waals surface area contributed by atoms with E-state index in [-0.39, 0.29) is 12.3 Å². The number of piperazine rings is 1. The molecule has 0 aromatic rings. The Labute approximate surface area is 83.8 Å². The van der Waals surface area contributed by atoms with E-state index >= 15 is 0 Å². The minimum absolute atomic E-state index is 0.156. The van der Waals surface area contributed by atoms with Gasteiger partial charge in [0, 0.05) is 32.7 Å². The summed E-state index contributed by atoms with van der Waals surface area (Å²) in [4.78, 5) is 13.3. The molecule has 1 atom stereocenters. The number of hydrogen-bond donors (Lipinski definition) is 2. The van der Waals surface area contributed by atoms with Crippen LogP contribution in [-0.4, -0.2) is 49.9 Å². The summed E-state index contributed by atoms with van der Waals surface area (Å²) >= 11 is 0. The summed E-state index contributed by atoms with van der Waals surface area (Å²) < 4.78 is 5.29. The summed E-state index contributed by atoms with van der Waals surface area (Å²) in [7, 11) is 0. The SMILES string of the molecule is O=C(OC1CNCCN1)N1CCCC1. The van der Waals surface area contributed by atoms with Gasteiger partial charge in [-0.3, -0.25) is 5.32 Å². The average molecular weight is 199 g/mol. The Morgan fingerprint density at radius 1 is 1.29 bits per heavy atom. The van der Waals surface area contributed by atoms with Crippen molar-refractivity contribution < 1.29 is 9.53 Å². The van der Waals surface area contributed by atoms with Crippen LogP contribution in [0.4, 0.5) is 4.79 Å². The van der Waals surface area contributed by atoms with Crippen LogP contribution in [0.2, 0.25) is 0 Å². The van der Waals surface area contributed by atoms with Gasteiger partial charge in [-0.15, -0.1) is 0 Å². The van der Waals surface area contributed by atoms with Gasteiger partial charge in [0.15, 0.2) is 6.23 Å². The van der Waals surface area contributed by atoms with Gasteiger partial charge >= 0.3 is 6.09 Å². The van der Waals surface area contributed by atoms with Gasteiger partial charge in [0.2, 0.25) is 0 Å². The van der Waals surface area contributed by atoms with Crippen LogP contribution >= 0.6 is 0 Å². The second-order valence-corrected chi connectivity index (χ2v) is 3.72. The standard InChI is InChI=1S/C9H17N3O2/c13-9(12-5-1-2-6-12)14-8-7-10-3-4-11-8/h8,10-11H,1-7H2. The molecule has 5 nitrogen and oxygen atoms in total. The average Bonchev–Trinajstić information content (AvgIpc) is 2.72. The molecule has 0 radical (unpaired) electrons. The zero-order valence-electron chi connectivity index (χ0n) is 8.29. The van der Waals surface area contributed by atoms with Crippen LogP contribution < -0.4 is 10.6 Å². The van der Waals surface area contributed by atoms with Gasteiger partial charge in [0.1, 0.15) is 0 Å². The summed E-state index contributed by atoms with van der Waals surface area (Å²) in [6.07, 6.45) is 1.87. The number of carbonyl (C=O) groups excluding carboxylic acids is 1. The Balaban J connectivity index is 1.75. The van der Waals surface area contributed by atoms with Crippen molar-refractivity contribution in [1.82, 2.24) is 15.5 Å². The van der Waals surface area contributed by atoms with Crippen molar-refractivity contribution in [3.63, 3.8) is 0 Å². The molecule has 2 saturated heterocycles. The van der Waals surface area contributed by atoms with Crippen LogP contribution in [0.5, 0.6) is 0 Å². The Kier molecular flexibility index (Phi) is 3.21. The van der Waals surface area contributed by atoms with Gasteiger partial charge in [-0.2, -0.15) is 0 Å². The van der Waals surface area contributed by atoms with Crippen LogP contribution in [0.25, 0.3) is 0 Å². The summed E-state index contributed by atoms with van der Waals surface area (Å²) in [6, 6.07) is 0. The Hall–Kier alpha value is -0.810. The van der Waals surface area contributed by atoms with Crippen LogP contribution in [0.3, 0.4) is 0 Å². The lowest BCUT2D eigenvalue weighted by Crippen LogP contribution is -2.51. The maximum absolute atomic E-state index is 11.5. The van der Waals surface area contributed by atoms with E-state index in [1.807, 2.05) is 0 Å². The maximum Gasteiger partial charge on any atom is 0.411 e. The molecule has 14 heavy (non-hydrogen) atoms. The van der Waals surface area contributed by atoms with Crippen molar-refractivity contribution in [1.29, 1.82) is 0 Å². The predicted octanol–water partition coefficient (Wildman–Crippen LogP) is -0.262. The molecule has 0 bridgehead atoms. The van der Waals surface area contributed by atoms with Crippen molar-refractivity contribution in [2.75, 3.05) is 32.7 Å². The maximum atomic E-state index is 11.5. The summed E-state index contributed by atoms with van der Waals surface area (Å²) in [5.41, 5.74) is 0. The number of ether oxygens (including phenoxy) is 1. The molecule has 1 unspecified atom stereocenters. The number of likely N-dealkylation sites (tertiary alicyclic amines) is 1. The number of rotatable bonds is 1. The minimum Gasteiger partial charge on any atom is -0.429 e. The van der Waals surface area contributed by atoms with Crippen molar-refractivity contribution in [2.24, 2.45) is 0 Å². The zero-order valence-corrected chi connectivity index (χ0v) is 8.29. The van der Waals surface area contributed by atoms with E-state index in [0.717, 1.165) is 39.0 Å². The highest BCUT2D eigenvalue weighted by Crippen LogP contribution is 2.09. The molecule has 0 saturated carbocycles. The number of amides is 1. The predicted molar refractivity (Wildman–Crippen MR) is 51.9 cm³/mol. The van der Waals surface area contributed by atoms with Gasteiger partial charge in [-0.1, -0.05) is 0 Å². The summed E-state index contributed by atoms with van der Waals surface area (Å²) in [5.74, 6) is 0. The molecule has 2 aliphatic rings. The topological polar surface area (TPSA) is 53.6 Å². The summed E-state index contributed by atoms with van der Waals surface area (Å²) in [6.45, 7) is 4.20. The molecule has 2 aliphatic heterocycles. The molecule has 2 heterocycles. The lowest BCUT2D eigenvalue weighted by Gasteiger charge is -2.26. The van der Waals surface area contributed by atoms with Crippen LogP contribution in [0.15, 0.2) is 0 Å². The molecule has 80 valence electrons. The van der Waals surface area contributed by atoms with Gasteiger partial charge in [0.05, 0.1) is 0 Å². The minimum atomic E-state index is -0.177. The second kappa shape index (κ2) is 4.61. The van der Waals surface area contributed by atoms with E-state index in [2.05, 4.69) is 10.6 Å². The van der Waals surface area contributed by atoms with E-state index in [1.54, 1.807) is 4.90 Å². The molecular formula is C9H17N3O2. The molecule has 0 aliphatic carbocycles. The fourth-order valence-corrected chi connectivity index (χ4v) is 1.81. The summed E-state index contributed by atoms with van der Waals surface area (Å²) in [5, 5.41) is 6.31. The number of hydrogen-bond acceptors (Lipinski definition) is 4. The van der Waals surface area contributed by atoms with E-state index in [9.17, 15) is 4.79 Å². The largest absolute Gasteiger partial charge is 0.429 e. The fraction of sp³-hybridized carbons (Fsp3) is 0.889. The third-order valence-corrected chi connectivity index (χ3v) is 2.61. The highest BCUT2D eigenvalue weighted by Gasteiger charge is 2.23. The van der Waals surface area contributed by atoms with Gasteiger partial charge < -0.3 is 15.0 Å². The van der Waals surface area contributed by atoms with Gasteiger partial charge in [-0.25, -0.2) is 4.79 Å². The van der Waals surface area contributed by atoms with Gasteiger partial charge in [-0.05, 0) is 12.8 Å². The molecular weight excluding hydrogens is 182 g/mol. The molecule has 0 aromatic carbocycles. The van der Waals surface area contributed by atoms with Crippen LogP contribution in [0, 0.1) is 0 Å². The highest BCUT2D eigenvalue weighted by molar-refractivity contribution is 5.68. The molecule has 1 amide bonds. The fourth-order valence-electron chi connectivity index (χ4n) is 1.81. The van der Waals surface area contributed by atoms with Crippen LogP contribution in [0.1, 0.15) is 12.8 Å². The molecule has 2 fully saturated rings. The smallest absolute Gasteiger partial charge is 0.411 e. The van der Waals surface area contributed by atoms with Crippen LogP contribution in [-0.2, 0) is 4.74 Å². The number of carbonyl (C=O) groups is 1. The zero-order chi connectivity index (χ0) is 9.80. The van der Waals surface area contributed by atoms with Crippen molar-refractivity contribution in [3.8, 4) is 0 Å². The molecule has 5 heteroatoms. The molecule has 2 rings (SSSR count). The third-order valence-electron chi connectivity index (χ3n) is 2.61. The third kappa shape index (κ3) is 2.36. The Morgan fingerprint density at radius 3 is 2.71 bits per heavy atom. The van der Waals surface area contributed by atoms with E-state index in [1.165, 1.54) is 0 Å². The van der Waals surface area contributed by atoms with E-state index < -0.39 is 0 Å². The number of nitrogens with one attached hydrogen (secondary N) is 2. The van der Waals surface area contributed by atoms with E-state index in [0.29, 0.717) is 6.54 Å². The lowest BCUT2D eigenvalue weighted by molar-refractivity contribution is 0.0455. The lowest BCUT2D eigenvalue weighted by atomic mass is 10.4. The molecule has 2 N–H and O–H groups in total. The monoisotopic (exact) mass is 199 g/mol. The van der Waals surface area contributed by atoms with Crippen molar-refractivity contribution in [2.45, 2.75) is 19.1 Å². The first kappa shape index (κ1) is 9.73. The highest BCUT2D eigenvalue weighted by atomic mass is 16.6. The van der Waals surface area contributed by atoms with Crippen molar-refractivity contribution >= 4 is 6.09 Å². The van der Waals surface area contributed by atoms with Gasteiger partial charge in [0.25, 0.3) is 0 Å². The Bertz CT molecular complexity index is 198. The normalized spacial score (nSPS) is 27.7. The molecule has 0 aromatic heterocycles. The van der Waals surface area contributed by atoms with E-state index in [4.69, 9.17) is 4.74 Å². The first-order valence-electron chi connectivity index (χ1n) is 5.26. The number of nitrogens with zero attached hydrogens (tertiary/aromatic N) is 1. The molecule has 0 spiro atoms. The first-order valence-corrected chi connectivity index (χ1v) is 5.26. The van der Waals surface area contributed by atoms with Crippen molar-refractivity contribution in [3.05, 3.63) is 0 Å². The quantitative estimate of drug-likeness (QED) is 0.611.